The number of fused-ring (bicyclic) bond motifs is 1. The molecule has 0 unspecified atom stereocenters. The molecule has 0 aliphatic carbocycles. The van der Waals surface area contributed by atoms with Gasteiger partial charge in [-0.2, -0.15) is 0 Å². The molecule has 1 amide bonds. The first kappa shape index (κ1) is 19.2. The van der Waals surface area contributed by atoms with Crippen LogP contribution >= 0.6 is 27.5 Å². The number of aromatic nitrogens is 1. The summed E-state index contributed by atoms with van der Waals surface area (Å²) in [5.41, 5.74) is -0.485. The lowest BCUT2D eigenvalue weighted by Crippen LogP contribution is -2.44. The lowest BCUT2D eigenvalue weighted by Gasteiger charge is -2.33. The number of amides is 1. The predicted octanol–water partition coefficient (Wildman–Crippen LogP) is 5.43. The van der Waals surface area contributed by atoms with Gasteiger partial charge in [0, 0.05) is 35.8 Å². The van der Waals surface area contributed by atoms with Gasteiger partial charge in [0.05, 0.1) is 0 Å². The van der Waals surface area contributed by atoms with Crippen LogP contribution in [0.4, 0.5) is 4.79 Å². The van der Waals surface area contributed by atoms with Gasteiger partial charge in [-0.1, -0.05) is 33.6 Å². The first-order chi connectivity index (χ1) is 12.2. The Morgan fingerprint density at radius 1 is 1.27 bits per heavy atom. The van der Waals surface area contributed by atoms with Crippen molar-refractivity contribution in [1.82, 2.24) is 9.88 Å². The molecule has 3 rings (SSSR count). The fourth-order valence-corrected chi connectivity index (χ4v) is 3.44. The number of halogens is 2. The van der Waals surface area contributed by atoms with Crippen molar-refractivity contribution >= 4 is 44.4 Å². The monoisotopic (exact) mass is 440 g/mol. The Morgan fingerprint density at radius 2 is 1.96 bits per heavy atom. The number of carbonyl (C=O) groups is 1. The number of benzene rings is 1. The maximum absolute atomic E-state index is 12.2. The van der Waals surface area contributed by atoms with Crippen molar-refractivity contribution < 1.29 is 14.3 Å². The van der Waals surface area contributed by atoms with Crippen molar-refractivity contribution in [1.29, 1.82) is 0 Å². The van der Waals surface area contributed by atoms with Gasteiger partial charge in [-0.3, -0.25) is 0 Å². The molecule has 1 aliphatic heterocycles. The van der Waals surface area contributed by atoms with Crippen molar-refractivity contribution in [2.75, 3.05) is 13.1 Å². The van der Waals surface area contributed by atoms with E-state index in [9.17, 15) is 4.79 Å². The first-order valence-electron chi connectivity index (χ1n) is 8.62. The molecule has 1 fully saturated rings. The number of carbonyl (C=O) groups excluding carboxylic acids is 1. The highest BCUT2D eigenvalue weighted by Gasteiger charge is 2.28. The molecule has 2 aromatic rings. The van der Waals surface area contributed by atoms with Gasteiger partial charge in [0.25, 0.3) is 0 Å². The summed E-state index contributed by atoms with van der Waals surface area (Å²) in [5.74, 6) is 0.532. The minimum absolute atomic E-state index is 0.0122. The van der Waals surface area contributed by atoms with Gasteiger partial charge in [-0.25, -0.2) is 9.78 Å². The first-order valence-corrected chi connectivity index (χ1v) is 9.79. The molecule has 0 radical (unpaired) electrons. The standard InChI is InChI=1S/C19H22BrClN2O3/c1-19(2,3)26-18(24)23-8-6-14(7-9-23)25-17-15-11-13(20)5-4-12(15)10-16(21)22-17/h4-5,10-11,14H,6-9H2,1-3H3. The smallest absolute Gasteiger partial charge is 0.410 e. The highest BCUT2D eigenvalue weighted by molar-refractivity contribution is 9.10. The van der Waals surface area contributed by atoms with Crippen LogP contribution in [0.2, 0.25) is 5.15 Å². The van der Waals surface area contributed by atoms with Crippen LogP contribution in [0.3, 0.4) is 0 Å². The van der Waals surface area contributed by atoms with Gasteiger partial charge >= 0.3 is 6.09 Å². The lowest BCUT2D eigenvalue weighted by atomic mass is 10.1. The minimum Gasteiger partial charge on any atom is -0.474 e. The molecule has 0 saturated carbocycles. The van der Waals surface area contributed by atoms with E-state index in [1.165, 1.54) is 0 Å². The Morgan fingerprint density at radius 3 is 2.62 bits per heavy atom. The zero-order valence-corrected chi connectivity index (χ0v) is 17.4. The molecule has 1 aliphatic rings. The minimum atomic E-state index is -0.485. The topological polar surface area (TPSA) is 51.7 Å². The van der Waals surface area contributed by atoms with Crippen molar-refractivity contribution in [2.24, 2.45) is 0 Å². The zero-order valence-electron chi connectivity index (χ0n) is 15.1. The number of nitrogens with zero attached hydrogens (tertiary/aromatic N) is 2. The second-order valence-corrected chi connectivity index (χ2v) is 8.70. The van der Waals surface area contributed by atoms with Gasteiger partial charge in [0.1, 0.15) is 16.9 Å². The SMILES string of the molecule is CC(C)(C)OC(=O)N1CCC(Oc2nc(Cl)cc3ccc(Br)cc23)CC1. The fraction of sp³-hybridized carbons (Fsp3) is 0.474. The highest BCUT2D eigenvalue weighted by atomic mass is 79.9. The summed E-state index contributed by atoms with van der Waals surface area (Å²) in [6, 6.07) is 7.73. The highest BCUT2D eigenvalue weighted by Crippen LogP contribution is 2.31. The number of hydrogen-bond donors (Lipinski definition) is 0. The third-order valence-electron chi connectivity index (χ3n) is 4.10. The molecule has 26 heavy (non-hydrogen) atoms. The Labute approximate surface area is 166 Å². The lowest BCUT2D eigenvalue weighted by molar-refractivity contribution is 0.0124. The Balaban J connectivity index is 1.68. The van der Waals surface area contributed by atoms with Crippen LogP contribution in [0, 0.1) is 0 Å². The third-order valence-corrected chi connectivity index (χ3v) is 4.79. The second kappa shape index (κ2) is 7.61. The van der Waals surface area contributed by atoms with E-state index in [0.717, 1.165) is 28.1 Å². The summed E-state index contributed by atoms with van der Waals surface area (Å²) in [4.78, 5) is 18.2. The van der Waals surface area contributed by atoms with E-state index < -0.39 is 5.60 Å². The molecular weight excluding hydrogens is 420 g/mol. The van der Waals surface area contributed by atoms with E-state index in [4.69, 9.17) is 21.1 Å². The summed E-state index contributed by atoms with van der Waals surface area (Å²) in [7, 11) is 0. The van der Waals surface area contributed by atoms with Gasteiger partial charge in [-0.05, 0) is 44.4 Å². The van der Waals surface area contributed by atoms with Crippen molar-refractivity contribution in [3.8, 4) is 5.88 Å². The normalized spacial score (nSPS) is 16.0. The van der Waals surface area contributed by atoms with Crippen LogP contribution < -0.4 is 4.74 Å². The average molecular weight is 442 g/mol. The molecular formula is C19H22BrClN2O3. The van der Waals surface area contributed by atoms with Crippen LogP contribution in [0.1, 0.15) is 33.6 Å². The molecule has 0 N–H and O–H groups in total. The molecule has 0 atom stereocenters. The Hall–Kier alpha value is -1.53. The van der Waals surface area contributed by atoms with Crippen molar-refractivity contribution in [3.05, 3.63) is 33.9 Å². The quantitative estimate of drug-likeness (QED) is 0.583. The largest absolute Gasteiger partial charge is 0.474 e. The van der Waals surface area contributed by atoms with Crippen LogP contribution in [0.15, 0.2) is 28.7 Å². The van der Waals surface area contributed by atoms with Crippen LogP contribution in [0.25, 0.3) is 10.8 Å². The third kappa shape index (κ3) is 4.80. The molecule has 0 bridgehead atoms. The molecule has 1 aromatic carbocycles. The summed E-state index contributed by atoms with van der Waals surface area (Å²) in [6.07, 6.45) is 1.17. The number of pyridine rings is 1. The van der Waals surface area contributed by atoms with Gasteiger partial charge in [0.2, 0.25) is 5.88 Å². The van der Waals surface area contributed by atoms with Gasteiger partial charge in [0.15, 0.2) is 0 Å². The van der Waals surface area contributed by atoms with E-state index >= 15 is 0 Å². The fourth-order valence-electron chi connectivity index (χ4n) is 2.89. The maximum Gasteiger partial charge on any atom is 0.410 e. The summed E-state index contributed by atoms with van der Waals surface area (Å²) >= 11 is 9.62. The molecule has 5 nitrogen and oxygen atoms in total. The van der Waals surface area contributed by atoms with Gasteiger partial charge in [-0.15, -0.1) is 0 Å². The second-order valence-electron chi connectivity index (χ2n) is 7.40. The van der Waals surface area contributed by atoms with E-state index in [2.05, 4.69) is 20.9 Å². The van der Waals surface area contributed by atoms with Crippen LogP contribution in [-0.2, 0) is 4.74 Å². The van der Waals surface area contributed by atoms with E-state index in [0.29, 0.717) is 24.1 Å². The molecule has 140 valence electrons. The number of hydrogen-bond acceptors (Lipinski definition) is 4. The zero-order chi connectivity index (χ0) is 18.9. The molecule has 1 saturated heterocycles. The van der Waals surface area contributed by atoms with E-state index in [1.54, 1.807) is 4.90 Å². The number of piperidine rings is 1. The van der Waals surface area contributed by atoms with Crippen LogP contribution in [-0.4, -0.2) is 40.8 Å². The average Bonchev–Trinajstić information content (AvgIpc) is 2.54. The number of ether oxygens (including phenoxy) is 2. The number of likely N-dealkylation sites (tertiary alicyclic amines) is 1. The summed E-state index contributed by atoms with van der Waals surface area (Å²) < 4.78 is 12.5. The summed E-state index contributed by atoms with van der Waals surface area (Å²) in [5, 5.41) is 2.30. The summed E-state index contributed by atoms with van der Waals surface area (Å²) in [6.45, 7) is 6.81. The van der Waals surface area contributed by atoms with Crippen molar-refractivity contribution in [3.63, 3.8) is 0 Å². The van der Waals surface area contributed by atoms with Gasteiger partial charge < -0.3 is 14.4 Å². The maximum atomic E-state index is 12.2. The molecule has 7 heteroatoms. The molecule has 0 spiro atoms. The molecule has 1 aromatic heterocycles. The van der Waals surface area contributed by atoms with Crippen LogP contribution in [0.5, 0.6) is 5.88 Å². The predicted molar refractivity (Wildman–Crippen MR) is 106 cm³/mol. The Bertz CT molecular complexity index is 814. The van der Waals surface area contributed by atoms with E-state index in [1.807, 2.05) is 45.0 Å². The van der Waals surface area contributed by atoms with Crippen molar-refractivity contribution in [2.45, 2.75) is 45.3 Å². The Kier molecular flexibility index (Phi) is 5.63. The van der Waals surface area contributed by atoms with E-state index in [-0.39, 0.29) is 12.2 Å². The number of rotatable bonds is 2. The molecule has 2 heterocycles.